The van der Waals surface area contributed by atoms with Crippen molar-refractivity contribution in [1.82, 2.24) is 10.2 Å². The molecule has 0 aliphatic carbocycles. The number of hydrogen-bond acceptors (Lipinski definition) is 3. The van der Waals surface area contributed by atoms with Crippen LogP contribution >= 0.6 is 0 Å². The van der Waals surface area contributed by atoms with Gasteiger partial charge in [0.1, 0.15) is 0 Å². The molecule has 2 rings (SSSR count). The molecule has 0 heterocycles. The summed E-state index contributed by atoms with van der Waals surface area (Å²) >= 11 is 0. The Hall–Kier alpha value is -2.84. The van der Waals surface area contributed by atoms with E-state index in [0.717, 1.165) is 19.5 Å². The Morgan fingerprint density at radius 1 is 1.12 bits per heavy atom. The molecule has 0 aliphatic heterocycles. The van der Waals surface area contributed by atoms with Crippen molar-refractivity contribution in [3.05, 3.63) is 65.7 Å². The minimum absolute atomic E-state index is 0.231. The van der Waals surface area contributed by atoms with E-state index in [9.17, 15) is 4.79 Å². The smallest absolute Gasteiger partial charge is 0.319 e. The second kappa shape index (κ2) is 9.33. The summed E-state index contributed by atoms with van der Waals surface area (Å²) < 4.78 is 0. The van der Waals surface area contributed by atoms with Gasteiger partial charge >= 0.3 is 6.03 Å². The van der Waals surface area contributed by atoms with Gasteiger partial charge in [-0.05, 0) is 49.8 Å². The van der Waals surface area contributed by atoms with Crippen molar-refractivity contribution < 1.29 is 4.79 Å². The minimum atomic E-state index is -0.231. The largest absolute Gasteiger partial charge is 0.338 e. The summed E-state index contributed by atoms with van der Waals surface area (Å²) in [6.45, 7) is 2.42. The van der Waals surface area contributed by atoms with Crippen LogP contribution in [0.4, 0.5) is 10.5 Å². The first kappa shape index (κ1) is 17.5. The SMILES string of the molecule is CN(CCCNC(=O)Nc1ccc(C#N)cc1)Cc1ccccc1. The minimum Gasteiger partial charge on any atom is -0.338 e. The monoisotopic (exact) mass is 322 g/mol. The lowest BCUT2D eigenvalue weighted by Crippen LogP contribution is -2.31. The summed E-state index contributed by atoms with van der Waals surface area (Å²) in [6, 6.07) is 18.9. The molecule has 2 N–H and O–H groups in total. The highest BCUT2D eigenvalue weighted by molar-refractivity contribution is 5.89. The van der Waals surface area contributed by atoms with E-state index < -0.39 is 0 Å². The molecule has 2 aromatic carbocycles. The fourth-order valence-corrected chi connectivity index (χ4v) is 2.33. The summed E-state index contributed by atoms with van der Waals surface area (Å²) in [5.74, 6) is 0. The molecule has 0 radical (unpaired) electrons. The number of rotatable bonds is 7. The van der Waals surface area contributed by atoms with Gasteiger partial charge in [-0.2, -0.15) is 5.26 Å². The van der Waals surface area contributed by atoms with E-state index >= 15 is 0 Å². The Morgan fingerprint density at radius 3 is 2.50 bits per heavy atom. The Kier molecular flexibility index (Phi) is 6.81. The van der Waals surface area contributed by atoms with Gasteiger partial charge in [-0.3, -0.25) is 0 Å². The highest BCUT2D eigenvalue weighted by atomic mass is 16.2. The lowest BCUT2D eigenvalue weighted by atomic mass is 10.2. The normalized spacial score (nSPS) is 10.2. The number of anilines is 1. The molecule has 2 aromatic rings. The Balaban J connectivity index is 1.62. The van der Waals surface area contributed by atoms with Crippen LogP contribution in [0.3, 0.4) is 0 Å². The zero-order valence-electron chi connectivity index (χ0n) is 13.8. The van der Waals surface area contributed by atoms with Crippen LogP contribution in [0, 0.1) is 11.3 Å². The fourth-order valence-electron chi connectivity index (χ4n) is 2.33. The molecule has 0 bridgehead atoms. The number of amides is 2. The van der Waals surface area contributed by atoms with Crippen LogP contribution in [0.2, 0.25) is 0 Å². The topological polar surface area (TPSA) is 68.2 Å². The van der Waals surface area contributed by atoms with Crippen LogP contribution in [0.15, 0.2) is 54.6 Å². The van der Waals surface area contributed by atoms with Crippen molar-refractivity contribution in [3.8, 4) is 6.07 Å². The van der Waals surface area contributed by atoms with Crippen LogP contribution in [0.25, 0.3) is 0 Å². The molecule has 5 nitrogen and oxygen atoms in total. The molecule has 0 saturated heterocycles. The molecular formula is C19H22N4O. The van der Waals surface area contributed by atoms with Gasteiger partial charge in [0, 0.05) is 18.8 Å². The first-order valence-electron chi connectivity index (χ1n) is 7.95. The molecule has 0 spiro atoms. The number of nitrogens with zero attached hydrogens (tertiary/aromatic N) is 2. The van der Waals surface area contributed by atoms with Crippen LogP contribution < -0.4 is 10.6 Å². The van der Waals surface area contributed by atoms with Gasteiger partial charge in [0.05, 0.1) is 11.6 Å². The maximum Gasteiger partial charge on any atom is 0.319 e. The van der Waals surface area contributed by atoms with Crippen LogP contribution in [-0.4, -0.2) is 31.1 Å². The molecule has 5 heteroatoms. The van der Waals surface area contributed by atoms with E-state index in [0.29, 0.717) is 17.8 Å². The van der Waals surface area contributed by atoms with Crippen molar-refractivity contribution in [3.63, 3.8) is 0 Å². The summed E-state index contributed by atoms with van der Waals surface area (Å²) in [5.41, 5.74) is 2.53. The molecule has 0 unspecified atom stereocenters. The third-order valence-corrected chi connectivity index (χ3v) is 3.57. The maximum atomic E-state index is 11.8. The number of urea groups is 1. The average Bonchev–Trinajstić information content (AvgIpc) is 2.60. The number of nitriles is 1. The second-order valence-electron chi connectivity index (χ2n) is 5.65. The fraction of sp³-hybridized carbons (Fsp3) is 0.263. The zero-order valence-corrected chi connectivity index (χ0v) is 13.8. The predicted molar refractivity (Wildman–Crippen MR) is 95.6 cm³/mol. The van der Waals surface area contributed by atoms with E-state index in [1.54, 1.807) is 24.3 Å². The van der Waals surface area contributed by atoms with Gasteiger partial charge in [0.15, 0.2) is 0 Å². The molecule has 0 saturated carbocycles. The van der Waals surface area contributed by atoms with E-state index in [1.165, 1.54) is 5.56 Å². The van der Waals surface area contributed by atoms with Crippen molar-refractivity contribution in [2.75, 3.05) is 25.5 Å². The molecule has 2 amide bonds. The van der Waals surface area contributed by atoms with Crippen molar-refractivity contribution in [2.45, 2.75) is 13.0 Å². The van der Waals surface area contributed by atoms with Crippen molar-refractivity contribution in [1.29, 1.82) is 5.26 Å². The Morgan fingerprint density at radius 2 is 1.83 bits per heavy atom. The van der Waals surface area contributed by atoms with Crippen molar-refractivity contribution in [2.24, 2.45) is 0 Å². The third-order valence-electron chi connectivity index (χ3n) is 3.57. The lowest BCUT2D eigenvalue weighted by molar-refractivity contribution is 0.250. The predicted octanol–water partition coefficient (Wildman–Crippen LogP) is 3.20. The lowest BCUT2D eigenvalue weighted by Gasteiger charge is -2.16. The molecule has 0 aliphatic rings. The zero-order chi connectivity index (χ0) is 17.2. The van der Waals surface area contributed by atoms with E-state index in [2.05, 4.69) is 34.7 Å². The maximum absolute atomic E-state index is 11.8. The van der Waals surface area contributed by atoms with Gasteiger partial charge in [-0.15, -0.1) is 0 Å². The van der Waals surface area contributed by atoms with Gasteiger partial charge in [0.2, 0.25) is 0 Å². The van der Waals surface area contributed by atoms with Crippen LogP contribution in [0.1, 0.15) is 17.5 Å². The first-order valence-corrected chi connectivity index (χ1v) is 7.95. The number of hydrogen-bond donors (Lipinski definition) is 2. The summed E-state index contributed by atoms with van der Waals surface area (Å²) in [7, 11) is 2.07. The quantitative estimate of drug-likeness (QED) is 0.769. The van der Waals surface area contributed by atoms with E-state index in [1.807, 2.05) is 24.3 Å². The Labute approximate surface area is 142 Å². The van der Waals surface area contributed by atoms with Crippen LogP contribution in [0.5, 0.6) is 0 Å². The average molecular weight is 322 g/mol. The molecule has 24 heavy (non-hydrogen) atoms. The van der Waals surface area contributed by atoms with Gasteiger partial charge in [0.25, 0.3) is 0 Å². The summed E-state index contributed by atoms with van der Waals surface area (Å²) in [4.78, 5) is 14.0. The molecule has 0 atom stereocenters. The number of carbonyl (C=O) groups excluding carboxylic acids is 1. The number of carbonyl (C=O) groups is 1. The van der Waals surface area contributed by atoms with Gasteiger partial charge < -0.3 is 15.5 Å². The molecule has 0 aromatic heterocycles. The Bertz CT molecular complexity index is 677. The standard InChI is InChI=1S/C19H22N4O/c1-23(15-17-6-3-2-4-7-17)13-5-12-21-19(24)22-18-10-8-16(14-20)9-11-18/h2-4,6-11H,5,12-13,15H2,1H3,(H2,21,22,24). The van der Waals surface area contributed by atoms with Gasteiger partial charge in [-0.1, -0.05) is 30.3 Å². The van der Waals surface area contributed by atoms with Crippen LogP contribution in [-0.2, 0) is 6.54 Å². The summed E-state index contributed by atoms with van der Waals surface area (Å²) in [6.07, 6.45) is 0.879. The highest BCUT2D eigenvalue weighted by Gasteiger charge is 2.03. The number of benzene rings is 2. The highest BCUT2D eigenvalue weighted by Crippen LogP contribution is 2.08. The van der Waals surface area contributed by atoms with E-state index in [-0.39, 0.29) is 6.03 Å². The molecule has 124 valence electrons. The number of nitrogens with one attached hydrogen (secondary N) is 2. The molecule has 0 fully saturated rings. The molecular weight excluding hydrogens is 300 g/mol. The third kappa shape index (κ3) is 6.11. The second-order valence-corrected chi connectivity index (χ2v) is 5.65. The van der Waals surface area contributed by atoms with Crippen molar-refractivity contribution >= 4 is 11.7 Å². The van der Waals surface area contributed by atoms with Gasteiger partial charge in [-0.25, -0.2) is 4.79 Å². The first-order chi connectivity index (χ1) is 11.7. The summed E-state index contributed by atoms with van der Waals surface area (Å²) in [5, 5.41) is 14.3. The van der Waals surface area contributed by atoms with E-state index in [4.69, 9.17) is 5.26 Å².